The van der Waals surface area contributed by atoms with Gasteiger partial charge in [0.25, 0.3) is 0 Å². The number of benzene rings is 2. The van der Waals surface area contributed by atoms with Gasteiger partial charge in [-0.15, -0.1) is 0 Å². The average Bonchev–Trinajstić information content (AvgIpc) is 3.35. The van der Waals surface area contributed by atoms with Crippen molar-refractivity contribution in [1.29, 1.82) is 0 Å². The SMILES string of the molecule is CCOc1cc(OC2CCN(CC)C2)ccc1Nc1ncc(Cl)c(Nc2ccccc2S(=O)(=O)CC(C)C)n1. The smallest absolute Gasteiger partial charge is 0.229 e. The largest absolute Gasteiger partial charge is 0.492 e. The van der Waals surface area contributed by atoms with Gasteiger partial charge in [-0.1, -0.05) is 44.5 Å². The van der Waals surface area contributed by atoms with Crippen molar-refractivity contribution in [2.45, 2.75) is 45.1 Å². The van der Waals surface area contributed by atoms with Gasteiger partial charge in [-0.25, -0.2) is 13.4 Å². The molecule has 1 aromatic heterocycles. The molecule has 0 bridgehead atoms. The number of hydrogen-bond acceptors (Lipinski definition) is 9. The highest BCUT2D eigenvalue weighted by Crippen LogP contribution is 2.34. The number of likely N-dealkylation sites (N-methyl/N-ethyl adjacent to an activating group) is 1. The Bertz CT molecular complexity index is 1390. The second-order valence-electron chi connectivity index (χ2n) is 9.82. The lowest BCUT2D eigenvalue weighted by Gasteiger charge is -2.18. The Morgan fingerprint density at radius 1 is 1.13 bits per heavy atom. The predicted molar refractivity (Wildman–Crippen MR) is 156 cm³/mol. The van der Waals surface area contributed by atoms with Gasteiger partial charge in [-0.3, -0.25) is 4.90 Å². The zero-order valence-corrected chi connectivity index (χ0v) is 24.3. The molecule has 39 heavy (non-hydrogen) atoms. The zero-order chi connectivity index (χ0) is 28.0. The van der Waals surface area contributed by atoms with E-state index in [4.69, 9.17) is 21.1 Å². The van der Waals surface area contributed by atoms with Crippen LogP contribution in [0.5, 0.6) is 11.5 Å². The Morgan fingerprint density at radius 2 is 1.92 bits per heavy atom. The van der Waals surface area contributed by atoms with E-state index in [1.807, 2.05) is 39.0 Å². The molecule has 0 aliphatic carbocycles. The first-order valence-electron chi connectivity index (χ1n) is 13.2. The Kier molecular flexibility index (Phi) is 9.53. The van der Waals surface area contributed by atoms with Crippen LogP contribution in [-0.4, -0.2) is 61.4 Å². The molecule has 4 rings (SSSR count). The van der Waals surface area contributed by atoms with Gasteiger partial charge >= 0.3 is 0 Å². The van der Waals surface area contributed by atoms with Crippen molar-refractivity contribution >= 4 is 44.6 Å². The molecule has 11 heteroatoms. The molecule has 1 atom stereocenters. The third-order valence-electron chi connectivity index (χ3n) is 6.25. The molecule has 1 aliphatic rings. The van der Waals surface area contributed by atoms with Crippen LogP contribution in [0.4, 0.5) is 23.1 Å². The summed E-state index contributed by atoms with van der Waals surface area (Å²) in [4.78, 5) is 11.4. The van der Waals surface area contributed by atoms with E-state index in [1.54, 1.807) is 24.3 Å². The lowest BCUT2D eigenvalue weighted by molar-refractivity contribution is 0.201. The summed E-state index contributed by atoms with van der Waals surface area (Å²) in [6, 6.07) is 12.4. The molecule has 210 valence electrons. The van der Waals surface area contributed by atoms with Gasteiger partial charge in [0.1, 0.15) is 22.6 Å². The van der Waals surface area contributed by atoms with E-state index in [-0.39, 0.29) is 39.5 Å². The number of hydrogen-bond donors (Lipinski definition) is 2. The van der Waals surface area contributed by atoms with E-state index >= 15 is 0 Å². The van der Waals surface area contributed by atoms with Crippen molar-refractivity contribution in [2.24, 2.45) is 5.92 Å². The molecule has 1 aliphatic heterocycles. The van der Waals surface area contributed by atoms with Crippen LogP contribution in [0.2, 0.25) is 5.02 Å². The molecule has 0 spiro atoms. The second-order valence-corrected chi connectivity index (χ2v) is 12.2. The van der Waals surface area contributed by atoms with Crippen molar-refractivity contribution in [3.05, 3.63) is 53.7 Å². The maximum atomic E-state index is 13.0. The molecule has 1 saturated heterocycles. The molecular weight excluding hydrogens is 538 g/mol. The molecule has 2 heterocycles. The standard InChI is InChI=1S/C28H36ClN5O4S/c1-5-34-14-13-21(17-34)38-20-11-12-23(25(15-20)37-6-2)32-28-30-16-22(29)27(33-28)31-24-9-7-8-10-26(24)39(35,36)18-19(3)4/h7-12,15-16,19,21H,5-6,13-14,17-18H2,1-4H3,(H2,30,31,32,33). The highest BCUT2D eigenvalue weighted by atomic mass is 35.5. The number of likely N-dealkylation sites (tertiary alicyclic amines) is 1. The summed E-state index contributed by atoms with van der Waals surface area (Å²) in [6.07, 6.45) is 2.61. The van der Waals surface area contributed by atoms with Gasteiger partial charge in [0.05, 0.1) is 34.8 Å². The third-order valence-corrected chi connectivity index (χ3v) is 8.66. The monoisotopic (exact) mass is 573 g/mol. The number of rotatable bonds is 12. The minimum atomic E-state index is -3.51. The van der Waals surface area contributed by atoms with E-state index < -0.39 is 9.84 Å². The highest BCUT2D eigenvalue weighted by molar-refractivity contribution is 7.91. The van der Waals surface area contributed by atoms with E-state index in [2.05, 4.69) is 32.4 Å². The topological polar surface area (TPSA) is 106 Å². The van der Waals surface area contributed by atoms with Crippen LogP contribution in [-0.2, 0) is 9.84 Å². The fraction of sp³-hybridized carbons (Fsp3) is 0.429. The van der Waals surface area contributed by atoms with Crippen molar-refractivity contribution in [2.75, 3.05) is 42.6 Å². The normalized spacial score (nSPS) is 15.9. The van der Waals surface area contributed by atoms with Crippen LogP contribution in [0, 0.1) is 5.92 Å². The Hall–Kier alpha value is -3.08. The lowest BCUT2D eigenvalue weighted by Crippen LogP contribution is -2.24. The van der Waals surface area contributed by atoms with Gasteiger partial charge in [-0.05, 0) is 50.1 Å². The number of sulfone groups is 1. The fourth-order valence-electron chi connectivity index (χ4n) is 4.46. The first kappa shape index (κ1) is 28.9. The Labute approximate surface area is 235 Å². The summed E-state index contributed by atoms with van der Waals surface area (Å²) in [5, 5.41) is 6.53. The molecule has 1 fully saturated rings. The molecular formula is C28H36ClN5O4S. The van der Waals surface area contributed by atoms with Crippen LogP contribution in [0.1, 0.15) is 34.1 Å². The number of aromatic nitrogens is 2. The second kappa shape index (κ2) is 12.8. The fourth-order valence-corrected chi connectivity index (χ4v) is 6.40. The third kappa shape index (κ3) is 7.52. The average molecular weight is 574 g/mol. The van der Waals surface area contributed by atoms with Crippen LogP contribution in [0.15, 0.2) is 53.6 Å². The van der Waals surface area contributed by atoms with Crippen molar-refractivity contribution in [3.8, 4) is 11.5 Å². The Morgan fingerprint density at radius 3 is 2.64 bits per heavy atom. The Balaban J connectivity index is 1.55. The lowest BCUT2D eigenvalue weighted by atomic mass is 10.2. The number of anilines is 4. The molecule has 0 saturated carbocycles. The van der Waals surface area contributed by atoms with Crippen molar-refractivity contribution < 1.29 is 17.9 Å². The quantitative estimate of drug-likeness (QED) is 0.273. The van der Waals surface area contributed by atoms with Gasteiger partial charge in [0, 0.05) is 19.2 Å². The summed E-state index contributed by atoms with van der Waals surface area (Å²) < 4.78 is 38.0. The molecule has 0 radical (unpaired) electrons. The van der Waals surface area contributed by atoms with Crippen LogP contribution >= 0.6 is 11.6 Å². The van der Waals surface area contributed by atoms with Crippen molar-refractivity contribution in [3.63, 3.8) is 0 Å². The maximum absolute atomic E-state index is 13.0. The first-order valence-corrected chi connectivity index (χ1v) is 15.3. The van der Waals surface area contributed by atoms with E-state index in [0.717, 1.165) is 31.8 Å². The number of halogens is 1. The number of ether oxygens (including phenoxy) is 2. The summed E-state index contributed by atoms with van der Waals surface area (Å²) in [5.74, 6) is 1.92. The first-order chi connectivity index (χ1) is 18.7. The summed E-state index contributed by atoms with van der Waals surface area (Å²) in [6.45, 7) is 11.3. The van der Waals surface area contributed by atoms with E-state index in [1.165, 1.54) is 6.20 Å². The van der Waals surface area contributed by atoms with Crippen LogP contribution in [0.25, 0.3) is 0 Å². The molecule has 3 aromatic rings. The van der Waals surface area contributed by atoms with Gasteiger partial charge in [0.2, 0.25) is 5.95 Å². The maximum Gasteiger partial charge on any atom is 0.229 e. The molecule has 9 nitrogen and oxygen atoms in total. The molecule has 2 N–H and O–H groups in total. The zero-order valence-electron chi connectivity index (χ0n) is 22.8. The summed E-state index contributed by atoms with van der Waals surface area (Å²) in [5.41, 5.74) is 1.06. The minimum Gasteiger partial charge on any atom is -0.492 e. The molecule has 1 unspecified atom stereocenters. The number of nitrogens with zero attached hydrogens (tertiary/aromatic N) is 3. The van der Waals surface area contributed by atoms with Gasteiger partial charge in [-0.2, -0.15) is 4.98 Å². The van der Waals surface area contributed by atoms with E-state index in [9.17, 15) is 8.42 Å². The minimum absolute atomic E-state index is 0.0120. The number of para-hydroxylation sites is 1. The van der Waals surface area contributed by atoms with Gasteiger partial charge < -0.3 is 20.1 Å². The van der Waals surface area contributed by atoms with E-state index in [0.29, 0.717) is 23.7 Å². The van der Waals surface area contributed by atoms with Crippen LogP contribution in [0.3, 0.4) is 0 Å². The predicted octanol–water partition coefficient (Wildman–Crippen LogP) is 5.92. The summed E-state index contributed by atoms with van der Waals surface area (Å²) >= 11 is 6.39. The van der Waals surface area contributed by atoms with Crippen LogP contribution < -0.4 is 20.1 Å². The van der Waals surface area contributed by atoms with Crippen molar-refractivity contribution in [1.82, 2.24) is 14.9 Å². The highest BCUT2D eigenvalue weighted by Gasteiger charge is 2.23. The number of nitrogens with one attached hydrogen (secondary N) is 2. The summed E-state index contributed by atoms with van der Waals surface area (Å²) in [7, 11) is -3.51. The van der Waals surface area contributed by atoms with Gasteiger partial charge in [0.15, 0.2) is 15.7 Å². The molecule has 2 aromatic carbocycles. The molecule has 0 amide bonds.